The van der Waals surface area contributed by atoms with E-state index >= 15 is 0 Å². The van der Waals surface area contributed by atoms with Gasteiger partial charge in [-0.1, -0.05) is 11.8 Å². The van der Waals surface area contributed by atoms with Crippen molar-refractivity contribution in [3.8, 4) is 0 Å². The van der Waals surface area contributed by atoms with Gasteiger partial charge >= 0.3 is 5.97 Å². The van der Waals surface area contributed by atoms with Crippen LogP contribution in [0.15, 0.2) is 0 Å². The van der Waals surface area contributed by atoms with Gasteiger partial charge in [0.25, 0.3) is 5.24 Å². The number of methoxy groups -OCH3 is 1. The molecule has 0 aromatic rings. The maximum atomic E-state index is 10.7. The summed E-state index contributed by atoms with van der Waals surface area (Å²) in [5.41, 5.74) is 0. The lowest BCUT2D eigenvalue weighted by Crippen LogP contribution is -2.15. The molecular weight excluding hydrogens is 178 g/mol. The van der Waals surface area contributed by atoms with Gasteiger partial charge in [-0.3, -0.25) is 9.59 Å². The minimum Gasteiger partial charge on any atom is -0.469 e. The number of ether oxygens (including phenoxy) is 1. The number of hydrogen-bond acceptors (Lipinski definition) is 4. The number of rotatable bonds is 3. The van der Waals surface area contributed by atoms with Crippen molar-refractivity contribution in [2.24, 2.45) is 0 Å². The van der Waals surface area contributed by atoms with E-state index in [1.54, 1.807) is 0 Å². The second kappa shape index (κ2) is 4.35. The largest absolute Gasteiger partial charge is 0.469 e. The number of nitrogens with one attached hydrogen (secondary N) is 1. The van der Waals surface area contributed by atoms with E-state index in [1.165, 1.54) is 18.9 Å². The standard InChI is InChI=1S/C7H11NO3S/c1-11-6(9)3-2-5-4-8-7(10)12-5/h5H,2-4H2,1H3,(H,8,10). The summed E-state index contributed by atoms with van der Waals surface area (Å²) in [5.74, 6) is -0.213. The van der Waals surface area contributed by atoms with Gasteiger partial charge in [0.05, 0.1) is 7.11 Å². The van der Waals surface area contributed by atoms with Gasteiger partial charge in [0.2, 0.25) is 0 Å². The van der Waals surface area contributed by atoms with E-state index in [0.29, 0.717) is 19.4 Å². The molecule has 0 radical (unpaired) electrons. The number of esters is 1. The van der Waals surface area contributed by atoms with E-state index in [1.807, 2.05) is 0 Å². The van der Waals surface area contributed by atoms with E-state index in [2.05, 4.69) is 10.1 Å². The molecule has 4 nitrogen and oxygen atoms in total. The molecule has 0 aromatic carbocycles. The van der Waals surface area contributed by atoms with Crippen molar-refractivity contribution in [1.82, 2.24) is 5.32 Å². The van der Waals surface area contributed by atoms with Crippen LogP contribution in [0.25, 0.3) is 0 Å². The predicted molar refractivity (Wildman–Crippen MR) is 46.0 cm³/mol. The zero-order valence-electron chi connectivity index (χ0n) is 6.83. The van der Waals surface area contributed by atoms with Gasteiger partial charge in [-0.25, -0.2) is 0 Å². The zero-order valence-corrected chi connectivity index (χ0v) is 7.65. The molecule has 1 saturated heterocycles. The quantitative estimate of drug-likeness (QED) is 0.666. The van der Waals surface area contributed by atoms with Crippen LogP contribution in [0.5, 0.6) is 0 Å². The Morgan fingerprint density at radius 1 is 1.83 bits per heavy atom. The molecule has 1 fully saturated rings. The molecule has 1 N–H and O–H groups in total. The Bertz CT molecular complexity index is 195. The van der Waals surface area contributed by atoms with Crippen LogP contribution < -0.4 is 5.32 Å². The Morgan fingerprint density at radius 3 is 3.08 bits per heavy atom. The molecule has 0 aromatic heterocycles. The van der Waals surface area contributed by atoms with Crippen molar-refractivity contribution in [3.63, 3.8) is 0 Å². The summed E-state index contributed by atoms with van der Waals surface area (Å²) in [6.45, 7) is 0.667. The summed E-state index contributed by atoms with van der Waals surface area (Å²) in [7, 11) is 1.37. The Hall–Kier alpha value is -0.710. The van der Waals surface area contributed by atoms with Crippen molar-refractivity contribution in [3.05, 3.63) is 0 Å². The van der Waals surface area contributed by atoms with Crippen LogP contribution in [-0.4, -0.2) is 30.1 Å². The number of carbonyl (C=O) groups is 2. The molecule has 1 atom stereocenters. The Kier molecular flexibility index (Phi) is 3.40. The summed E-state index contributed by atoms with van der Waals surface area (Å²) in [4.78, 5) is 21.4. The highest BCUT2D eigenvalue weighted by atomic mass is 32.2. The molecule has 1 amide bonds. The van der Waals surface area contributed by atoms with E-state index in [0.717, 1.165) is 0 Å². The van der Waals surface area contributed by atoms with E-state index < -0.39 is 0 Å². The molecule has 68 valence electrons. The van der Waals surface area contributed by atoms with Crippen LogP contribution >= 0.6 is 11.8 Å². The summed E-state index contributed by atoms with van der Waals surface area (Å²) in [6, 6.07) is 0. The molecule has 0 aliphatic carbocycles. The highest BCUT2D eigenvalue weighted by Gasteiger charge is 2.22. The highest BCUT2D eigenvalue weighted by Crippen LogP contribution is 2.21. The SMILES string of the molecule is COC(=O)CCC1CNC(=O)S1. The maximum Gasteiger partial charge on any atom is 0.305 e. The smallest absolute Gasteiger partial charge is 0.305 e. The summed E-state index contributed by atoms with van der Waals surface area (Å²) in [6.07, 6.45) is 1.10. The third-order valence-electron chi connectivity index (χ3n) is 1.65. The molecule has 12 heavy (non-hydrogen) atoms. The van der Waals surface area contributed by atoms with Crippen molar-refractivity contribution in [2.75, 3.05) is 13.7 Å². The van der Waals surface area contributed by atoms with Crippen LogP contribution in [0.2, 0.25) is 0 Å². The Labute approximate surface area is 75.0 Å². The molecule has 1 aliphatic heterocycles. The molecular formula is C7H11NO3S. The molecule has 1 heterocycles. The van der Waals surface area contributed by atoms with Gasteiger partial charge in [-0.15, -0.1) is 0 Å². The second-order valence-electron chi connectivity index (χ2n) is 2.52. The fraction of sp³-hybridized carbons (Fsp3) is 0.714. The van der Waals surface area contributed by atoms with Crippen molar-refractivity contribution < 1.29 is 14.3 Å². The van der Waals surface area contributed by atoms with Gasteiger partial charge in [0, 0.05) is 18.2 Å². The minimum atomic E-state index is -0.213. The summed E-state index contributed by atoms with van der Waals surface area (Å²) in [5, 5.41) is 2.92. The van der Waals surface area contributed by atoms with E-state index in [4.69, 9.17) is 0 Å². The number of carbonyl (C=O) groups excluding carboxylic acids is 2. The van der Waals surface area contributed by atoms with Crippen LogP contribution in [0.3, 0.4) is 0 Å². The minimum absolute atomic E-state index is 0.00451. The molecule has 0 saturated carbocycles. The van der Waals surface area contributed by atoms with Crippen molar-refractivity contribution in [1.29, 1.82) is 0 Å². The topological polar surface area (TPSA) is 55.4 Å². The first-order chi connectivity index (χ1) is 5.72. The predicted octanol–water partition coefficient (Wildman–Crippen LogP) is 0.765. The summed E-state index contributed by atoms with van der Waals surface area (Å²) < 4.78 is 4.48. The fourth-order valence-electron chi connectivity index (χ4n) is 0.974. The molecule has 1 aliphatic rings. The molecule has 1 unspecified atom stereocenters. The fourth-order valence-corrected chi connectivity index (χ4v) is 1.85. The van der Waals surface area contributed by atoms with Crippen molar-refractivity contribution in [2.45, 2.75) is 18.1 Å². The Morgan fingerprint density at radius 2 is 2.58 bits per heavy atom. The highest BCUT2D eigenvalue weighted by molar-refractivity contribution is 8.14. The van der Waals surface area contributed by atoms with Crippen LogP contribution in [-0.2, 0) is 9.53 Å². The maximum absolute atomic E-state index is 10.7. The molecule has 0 bridgehead atoms. The van der Waals surface area contributed by atoms with E-state index in [-0.39, 0.29) is 16.5 Å². The van der Waals surface area contributed by atoms with Crippen molar-refractivity contribution >= 4 is 23.0 Å². The molecule has 1 rings (SSSR count). The lowest BCUT2D eigenvalue weighted by molar-refractivity contribution is -0.140. The van der Waals surface area contributed by atoms with Crippen LogP contribution in [0, 0.1) is 0 Å². The third-order valence-corrected chi connectivity index (χ3v) is 2.74. The molecule has 0 spiro atoms. The monoisotopic (exact) mass is 189 g/mol. The summed E-state index contributed by atoms with van der Waals surface area (Å²) >= 11 is 1.26. The number of amides is 1. The van der Waals surface area contributed by atoms with Crippen LogP contribution in [0.4, 0.5) is 4.79 Å². The lowest BCUT2D eigenvalue weighted by atomic mass is 10.2. The first kappa shape index (κ1) is 9.38. The Balaban J connectivity index is 2.16. The lowest BCUT2D eigenvalue weighted by Gasteiger charge is -2.03. The third kappa shape index (κ3) is 2.73. The van der Waals surface area contributed by atoms with Gasteiger partial charge < -0.3 is 10.1 Å². The van der Waals surface area contributed by atoms with Crippen LogP contribution in [0.1, 0.15) is 12.8 Å². The first-order valence-electron chi connectivity index (χ1n) is 3.73. The average molecular weight is 189 g/mol. The van der Waals surface area contributed by atoms with Gasteiger partial charge in [0.1, 0.15) is 0 Å². The number of hydrogen-bond donors (Lipinski definition) is 1. The van der Waals surface area contributed by atoms with Gasteiger partial charge in [-0.2, -0.15) is 0 Å². The number of thioether (sulfide) groups is 1. The van der Waals surface area contributed by atoms with Gasteiger partial charge in [0.15, 0.2) is 0 Å². The zero-order chi connectivity index (χ0) is 8.97. The second-order valence-corrected chi connectivity index (χ2v) is 3.80. The average Bonchev–Trinajstić information content (AvgIpc) is 2.47. The normalized spacial score (nSPS) is 22.1. The first-order valence-corrected chi connectivity index (χ1v) is 4.61. The van der Waals surface area contributed by atoms with E-state index in [9.17, 15) is 9.59 Å². The van der Waals surface area contributed by atoms with Gasteiger partial charge in [-0.05, 0) is 6.42 Å². The molecule has 5 heteroatoms.